The number of anilines is 2. The fourth-order valence-corrected chi connectivity index (χ4v) is 2.78. The van der Waals surface area contributed by atoms with Gasteiger partial charge < -0.3 is 25.0 Å². The zero-order chi connectivity index (χ0) is 16.0. The Morgan fingerprint density at radius 2 is 2.17 bits per heavy atom. The molecule has 8 heteroatoms. The van der Waals surface area contributed by atoms with Crippen LogP contribution in [0.3, 0.4) is 0 Å². The van der Waals surface area contributed by atoms with Gasteiger partial charge in [-0.05, 0) is 12.1 Å². The molecule has 1 aromatic heterocycles. The maximum Gasteiger partial charge on any atom is 0.351 e. The highest BCUT2D eigenvalue weighted by Crippen LogP contribution is 2.40. The first-order chi connectivity index (χ1) is 11.2. The summed E-state index contributed by atoms with van der Waals surface area (Å²) in [4.78, 5) is 16.2. The standard InChI is InChI=1S/C15H15N3O5/c19-7-12-9(20)5-13(23-12)18-6-11-14(17-15(18)21)16-8-3-1-2-4-10(8)22-11/h1-4,6,9,12-13,19-20H,5,7H2,(H,16,17,21)/t9-,12+,13+/m0/s1. The molecule has 3 heterocycles. The summed E-state index contributed by atoms with van der Waals surface area (Å²) < 4.78 is 12.5. The van der Waals surface area contributed by atoms with Crippen LogP contribution < -0.4 is 15.7 Å². The molecule has 2 aromatic rings. The van der Waals surface area contributed by atoms with Gasteiger partial charge in [0.15, 0.2) is 17.3 Å². The van der Waals surface area contributed by atoms with Gasteiger partial charge in [-0.25, -0.2) is 4.79 Å². The Bertz CT molecular complexity index is 806. The molecule has 120 valence electrons. The summed E-state index contributed by atoms with van der Waals surface area (Å²) in [7, 11) is 0. The molecule has 0 aliphatic carbocycles. The predicted octanol–water partition coefficient (Wildman–Crippen LogP) is 0.733. The Labute approximate surface area is 130 Å². The van der Waals surface area contributed by atoms with E-state index in [0.29, 0.717) is 17.3 Å². The van der Waals surface area contributed by atoms with E-state index in [0.717, 1.165) is 5.69 Å². The average Bonchev–Trinajstić information content (AvgIpc) is 2.93. The minimum absolute atomic E-state index is 0.204. The number of benzene rings is 1. The number of para-hydroxylation sites is 2. The maximum atomic E-state index is 12.2. The van der Waals surface area contributed by atoms with Crippen molar-refractivity contribution < 1.29 is 19.7 Å². The quantitative estimate of drug-likeness (QED) is 0.640. The van der Waals surface area contributed by atoms with E-state index in [-0.39, 0.29) is 13.0 Å². The lowest BCUT2D eigenvalue weighted by Crippen LogP contribution is -2.28. The third-order valence-electron chi connectivity index (χ3n) is 3.97. The van der Waals surface area contributed by atoms with Crippen LogP contribution in [0, 0.1) is 0 Å². The normalized spacial score (nSPS) is 25.2. The second kappa shape index (κ2) is 5.34. The first kappa shape index (κ1) is 14.2. The lowest BCUT2D eigenvalue weighted by Gasteiger charge is -2.22. The Hall–Kier alpha value is -2.42. The van der Waals surface area contributed by atoms with Crippen LogP contribution in [0.15, 0.2) is 35.3 Å². The minimum Gasteiger partial charge on any atom is -0.450 e. The topological polar surface area (TPSA) is 106 Å². The smallest absolute Gasteiger partial charge is 0.351 e. The SMILES string of the molecule is O=c1nc2c(cn1[C@H]1C[C@H](O)[C@@H](CO)O1)Oc1ccccc1N2. The molecule has 0 amide bonds. The van der Waals surface area contributed by atoms with Crippen molar-refractivity contribution >= 4 is 11.5 Å². The second-order valence-electron chi connectivity index (χ2n) is 5.48. The lowest BCUT2D eigenvalue weighted by molar-refractivity contribution is -0.0459. The second-order valence-corrected chi connectivity index (χ2v) is 5.48. The number of hydrogen-bond donors (Lipinski definition) is 3. The molecule has 8 nitrogen and oxygen atoms in total. The molecule has 1 aromatic carbocycles. The molecule has 1 saturated heterocycles. The van der Waals surface area contributed by atoms with Crippen molar-refractivity contribution in [1.29, 1.82) is 0 Å². The number of rotatable bonds is 2. The van der Waals surface area contributed by atoms with E-state index < -0.39 is 24.1 Å². The zero-order valence-corrected chi connectivity index (χ0v) is 12.0. The summed E-state index contributed by atoms with van der Waals surface area (Å²) in [5, 5.41) is 22.0. The number of nitrogens with zero attached hydrogens (tertiary/aromatic N) is 2. The Kier molecular flexibility index (Phi) is 3.29. The van der Waals surface area contributed by atoms with Crippen molar-refractivity contribution in [3.63, 3.8) is 0 Å². The number of aliphatic hydroxyl groups is 2. The van der Waals surface area contributed by atoms with Crippen LogP contribution in [0.1, 0.15) is 12.6 Å². The summed E-state index contributed by atoms with van der Waals surface area (Å²) in [5.41, 5.74) is 0.215. The summed E-state index contributed by atoms with van der Waals surface area (Å²) in [6.07, 6.45) is -0.510. The molecule has 0 unspecified atom stereocenters. The Morgan fingerprint density at radius 3 is 2.96 bits per heavy atom. The monoisotopic (exact) mass is 317 g/mol. The van der Waals surface area contributed by atoms with Gasteiger partial charge in [-0.15, -0.1) is 0 Å². The molecule has 3 N–H and O–H groups in total. The highest BCUT2D eigenvalue weighted by molar-refractivity contribution is 5.72. The number of aromatic nitrogens is 2. The molecule has 0 radical (unpaired) electrons. The van der Waals surface area contributed by atoms with Crippen LogP contribution in [-0.4, -0.2) is 38.6 Å². The molecular weight excluding hydrogens is 302 g/mol. The van der Waals surface area contributed by atoms with Crippen molar-refractivity contribution in [3.8, 4) is 11.5 Å². The van der Waals surface area contributed by atoms with Gasteiger partial charge >= 0.3 is 5.69 Å². The van der Waals surface area contributed by atoms with Gasteiger partial charge in [-0.3, -0.25) is 4.57 Å². The first-order valence-corrected chi connectivity index (χ1v) is 7.27. The number of nitrogens with one attached hydrogen (secondary N) is 1. The van der Waals surface area contributed by atoms with E-state index in [1.54, 1.807) is 6.07 Å². The molecule has 0 spiro atoms. The average molecular weight is 317 g/mol. The molecule has 3 atom stereocenters. The van der Waals surface area contributed by atoms with Gasteiger partial charge in [0.2, 0.25) is 0 Å². The fourth-order valence-electron chi connectivity index (χ4n) is 2.78. The van der Waals surface area contributed by atoms with Crippen LogP contribution in [0.2, 0.25) is 0 Å². The molecule has 2 aliphatic heterocycles. The third-order valence-corrected chi connectivity index (χ3v) is 3.97. The Morgan fingerprint density at radius 1 is 1.35 bits per heavy atom. The summed E-state index contributed by atoms with van der Waals surface area (Å²) in [5.74, 6) is 1.36. The number of fused-ring (bicyclic) bond motifs is 2. The maximum absolute atomic E-state index is 12.2. The van der Waals surface area contributed by atoms with E-state index in [4.69, 9.17) is 14.6 Å². The summed E-state index contributed by atoms with van der Waals surface area (Å²) >= 11 is 0. The summed E-state index contributed by atoms with van der Waals surface area (Å²) in [6.45, 7) is -0.309. The van der Waals surface area contributed by atoms with Crippen LogP contribution in [0.4, 0.5) is 11.5 Å². The number of hydrogen-bond acceptors (Lipinski definition) is 7. The number of ether oxygens (including phenoxy) is 2. The van der Waals surface area contributed by atoms with Crippen LogP contribution >= 0.6 is 0 Å². The highest BCUT2D eigenvalue weighted by Gasteiger charge is 2.35. The molecule has 0 bridgehead atoms. The van der Waals surface area contributed by atoms with Crippen LogP contribution in [0.25, 0.3) is 0 Å². The molecule has 2 aliphatic rings. The van der Waals surface area contributed by atoms with Gasteiger partial charge in [-0.2, -0.15) is 4.98 Å². The molecule has 4 rings (SSSR count). The van der Waals surface area contributed by atoms with Gasteiger partial charge in [0.25, 0.3) is 0 Å². The van der Waals surface area contributed by atoms with Crippen molar-refractivity contribution in [2.75, 3.05) is 11.9 Å². The van der Waals surface area contributed by atoms with E-state index in [2.05, 4.69) is 10.3 Å². The van der Waals surface area contributed by atoms with Crippen LogP contribution in [-0.2, 0) is 4.74 Å². The van der Waals surface area contributed by atoms with E-state index in [9.17, 15) is 9.90 Å². The van der Waals surface area contributed by atoms with Crippen molar-refractivity contribution in [2.24, 2.45) is 0 Å². The van der Waals surface area contributed by atoms with Gasteiger partial charge in [0.05, 0.1) is 24.6 Å². The third kappa shape index (κ3) is 2.37. The van der Waals surface area contributed by atoms with Gasteiger partial charge in [-0.1, -0.05) is 12.1 Å². The molecule has 0 saturated carbocycles. The van der Waals surface area contributed by atoms with Crippen molar-refractivity contribution in [1.82, 2.24) is 9.55 Å². The molecular formula is C15H15N3O5. The highest BCUT2D eigenvalue weighted by atomic mass is 16.5. The first-order valence-electron chi connectivity index (χ1n) is 7.27. The van der Waals surface area contributed by atoms with Gasteiger partial charge in [0, 0.05) is 6.42 Å². The van der Waals surface area contributed by atoms with Crippen LogP contribution in [0.5, 0.6) is 11.5 Å². The number of aliphatic hydroxyl groups excluding tert-OH is 2. The molecule has 1 fully saturated rings. The van der Waals surface area contributed by atoms with E-state index >= 15 is 0 Å². The van der Waals surface area contributed by atoms with Gasteiger partial charge in [0.1, 0.15) is 12.3 Å². The van der Waals surface area contributed by atoms with Crippen molar-refractivity contribution in [2.45, 2.75) is 24.9 Å². The largest absolute Gasteiger partial charge is 0.450 e. The van der Waals surface area contributed by atoms with E-state index in [1.807, 2.05) is 18.2 Å². The Balaban J connectivity index is 1.69. The van der Waals surface area contributed by atoms with Crippen molar-refractivity contribution in [3.05, 3.63) is 40.9 Å². The lowest BCUT2D eigenvalue weighted by atomic mass is 10.2. The minimum atomic E-state index is -0.826. The summed E-state index contributed by atoms with van der Waals surface area (Å²) in [6, 6.07) is 7.33. The van der Waals surface area contributed by atoms with E-state index in [1.165, 1.54) is 10.8 Å². The fraction of sp³-hybridized carbons (Fsp3) is 0.333. The molecule has 23 heavy (non-hydrogen) atoms. The zero-order valence-electron chi connectivity index (χ0n) is 12.0. The predicted molar refractivity (Wildman–Crippen MR) is 79.9 cm³/mol.